The molecule has 0 radical (unpaired) electrons. The highest BCUT2D eigenvalue weighted by Crippen LogP contribution is 2.43. The van der Waals surface area contributed by atoms with Gasteiger partial charge in [-0.05, 0) is 12.8 Å². The second kappa shape index (κ2) is 4.78. The first-order valence-electron chi connectivity index (χ1n) is 5.68. The van der Waals surface area contributed by atoms with Crippen molar-refractivity contribution in [3.63, 3.8) is 0 Å². The van der Waals surface area contributed by atoms with Crippen LogP contribution in [-0.4, -0.2) is 16.1 Å². The second-order valence-corrected chi connectivity index (χ2v) is 4.35. The van der Waals surface area contributed by atoms with E-state index < -0.39 is 5.92 Å². The van der Waals surface area contributed by atoms with Gasteiger partial charge in [-0.3, -0.25) is 0 Å². The van der Waals surface area contributed by atoms with Crippen LogP contribution in [-0.2, 0) is 6.42 Å². The van der Waals surface area contributed by atoms with Crippen LogP contribution in [0.25, 0.3) is 0 Å². The molecule has 2 rings (SSSR count). The number of hydrogen-bond acceptors (Lipinski definition) is 4. The van der Waals surface area contributed by atoms with Gasteiger partial charge in [-0.1, -0.05) is 5.16 Å². The Morgan fingerprint density at radius 3 is 3.00 bits per heavy atom. The Bertz CT molecular complexity index is 425. The van der Waals surface area contributed by atoms with E-state index in [2.05, 4.69) is 10.1 Å². The molecule has 1 heterocycles. The topological polar surface area (TPSA) is 62.7 Å². The summed E-state index contributed by atoms with van der Waals surface area (Å²) in [5, 5.41) is 12.1. The van der Waals surface area contributed by atoms with Crippen LogP contribution in [0.15, 0.2) is 4.52 Å². The Morgan fingerprint density at radius 1 is 1.53 bits per heavy atom. The van der Waals surface area contributed by atoms with E-state index >= 15 is 0 Å². The van der Waals surface area contributed by atoms with Gasteiger partial charge in [0.15, 0.2) is 5.82 Å². The zero-order chi connectivity index (χ0) is 12.3. The number of aromatic nitrogens is 2. The maximum Gasteiger partial charge on any atom is 0.248 e. The molecule has 0 amide bonds. The van der Waals surface area contributed by atoms with Crippen LogP contribution in [0.2, 0.25) is 0 Å². The number of unbranched alkanes of at least 4 members (excludes halogenated alkanes) is 1. The third-order valence-corrected chi connectivity index (χ3v) is 2.93. The van der Waals surface area contributed by atoms with Crippen LogP contribution in [0.1, 0.15) is 49.7 Å². The van der Waals surface area contributed by atoms with Gasteiger partial charge in [-0.2, -0.15) is 10.2 Å². The molecule has 6 heteroatoms. The Kier molecular flexibility index (Phi) is 3.36. The molecule has 0 spiro atoms. The van der Waals surface area contributed by atoms with E-state index in [-0.39, 0.29) is 18.8 Å². The summed E-state index contributed by atoms with van der Waals surface area (Å²) in [6.07, 6.45) is 1.73. The molecule has 1 unspecified atom stereocenters. The van der Waals surface area contributed by atoms with Crippen molar-refractivity contribution >= 4 is 0 Å². The van der Waals surface area contributed by atoms with Crippen LogP contribution in [0.4, 0.5) is 8.78 Å². The summed E-state index contributed by atoms with van der Waals surface area (Å²) in [6.45, 7) is 0. The fourth-order valence-corrected chi connectivity index (χ4v) is 2.02. The summed E-state index contributed by atoms with van der Waals surface area (Å²) in [6, 6.07) is 2.02. The summed E-state index contributed by atoms with van der Waals surface area (Å²) < 4.78 is 31.0. The van der Waals surface area contributed by atoms with Crippen molar-refractivity contribution in [1.29, 1.82) is 5.26 Å². The summed E-state index contributed by atoms with van der Waals surface area (Å²) in [4.78, 5) is 4.11. The largest absolute Gasteiger partial charge is 0.339 e. The summed E-state index contributed by atoms with van der Waals surface area (Å²) in [7, 11) is 0. The zero-order valence-corrected chi connectivity index (χ0v) is 9.33. The van der Waals surface area contributed by atoms with Crippen molar-refractivity contribution in [2.24, 2.45) is 0 Å². The minimum atomic E-state index is -2.59. The Balaban J connectivity index is 1.93. The highest BCUT2D eigenvalue weighted by atomic mass is 19.3. The molecule has 0 saturated heterocycles. The second-order valence-electron chi connectivity index (χ2n) is 4.35. The fraction of sp³-hybridized carbons (Fsp3) is 0.727. The van der Waals surface area contributed by atoms with E-state index in [9.17, 15) is 8.78 Å². The zero-order valence-electron chi connectivity index (χ0n) is 9.33. The van der Waals surface area contributed by atoms with Gasteiger partial charge < -0.3 is 4.52 Å². The molecule has 0 N–H and O–H groups in total. The molecule has 1 aromatic heterocycles. The van der Waals surface area contributed by atoms with Crippen LogP contribution in [0.5, 0.6) is 0 Å². The number of nitrogens with zero attached hydrogens (tertiary/aromatic N) is 3. The third kappa shape index (κ3) is 2.99. The first-order valence-corrected chi connectivity index (χ1v) is 5.68. The molecular formula is C11H13F2N3O. The van der Waals surface area contributed by atoms with E-state index in [1.807, 2.05) is 6.07 Å². The number of halogens is 2. The van der Waals surface area contributed by atoms with Crippen molar-refractivity contribution in [3.8, 4) is 6.07 Å². The van der Waals surface area contributed by atoms with E-state index in [0.717, 1.165) is 0 Å². The summed E-state index contributed by atoms with van der Waals surface area (Å²) in [5.74, 6) is -2.07. The van der Waals surface area contributed by atoms with Gasteiger partial charge in [-0.15, -0.1) is 0 Å². The highest BCUT2D eigenvalue weighted by molar-refractivity contribution is 5.02. The number of hydrogen-bond donors (Lipinski definition) is 0. The van der Waals surface area contributed by atoms with Gasteiger partial charge in [0.2, 0.25) is 11.8 Å². The first-order chi connectivity index (χ1) is 8.11. The SMILES string of the molecule is N#CCCCc1nc(C2CCC(F)(F)C2)no1. The van der Waals surface area contributed by atoms with Gasteiger partial charge >= 0.3 is 0 Å². The number of alkyl halides is 2. The third-order valence-electron chi connectivity index (χ3n) is 2.93. The molecule has 0 aliphatic heterocycles. The highest BCUT2D eigenvalue weighted by Gasteiger charge is 2.41. The number of aryl methyl sites for hydroxylation is 1. The molecule has 1 atom stereocenters. The van der Waals surface area contributed by atoms with Crippen molar-refractivity contribution in [2.75, 3.05) is 0 Å². The monoisotopic (exact) mass is 241 g/mol. The van der Waals surface area contributed by atoms with E-state index in [4.69, 9.17) is 9.78 Å². The maximum atomic E-state index is 13.0. The molecule has 1 saturated carbocycles. The maximum absolute atomic E-state index is 13.0. The van der Waals surface area contributed by atoms with Gasteiger partial charge in [0.05, 0.1) is 6.07 Å². The van der Waals surface area contributed by atoms with Crippen LogP contribution < -0.4 is 0 Å². The molecule has 92 valence electrons. The predicted octanol–water partition coefficient (Wildman–Crippen LogP) is 2.82. The lowest BCUT2D eigenvalue weighted by atomic mass is 10.1. The molecular weight excluding hydrogens is 228 g/mol. The first kappa shape index (κ1) is 12.0. The molecule has 1 aliphatic rings. The molecule has 1 aromatic rings. The molecule has 1 fully saturated rings. The summed E-state index contributed by atoms with van der Waals surface area (Å²) in [5.41, 5.74) is 0. The Hall–Kier alpha value is -1.51. The van der Waals surface area contributed by atoms with Crippen molar-refractivity contribution in [3.05, 3.63) is 11.7 Å². The molecule has 1 aliphatic carbocycles. The molecule has 17 heavy (non-hydrogen) atoms. The lowest BCUT2D eigenvalue weighted by Gasteiger charge is -2.06. The van der Waals surface area contributed by atoms with Gasteiger partial charge in [0.1, 0.15) is 0 Å². The van der Waals surface area contributed by atoms with Crippen LogP contribution in [0.3, 0.4) is 0 Å². The lowest BCUT2D eigenvalue weighted by molar-refractivity contribution is 0.00750. The van der Waals surface area contributed by atoms with Crippen LogP contribution >= 0.6 is 0 Å². The average molecular weight is 241 g/mol. The molecule has 4 nitrogen and oxygen atoms in total. The smallest absolute Gasteiger partial charge is 0.248 e. The predicted molar refractivity (Wildman–Crippen MR) is 54.4 cm³/mol. The summed E-state index contributed by atoms with van der Waals surface area (Å²) >= 11 is 0. The van der Waals surface area contributed by atoms with Gasteiger partial charge in [0.25, 0.3) is 0 Å². The Morgan fingerprint density at radius 2 is 2.35 bits per heavy atom. The van der Waals surface area contributed by atoms with Gasteiger partial charge in [0, 0.05) is 31.6 Å². The normalized spacial score (nSPS) is 22.5. The minimum Gasteiger partial charge on any atom is -0.339 e. The minimum absolute atomic E-state index is 0.101. The van der Waals surface area contributed by atoms with Crippen molar-refractivity contribution in [2.45, 2.75) is 50.4 Å². The number of nitriles is 1. The number of rotatable bonds is 4. The van der Waals surface area contributed by atoms with Crippen molar-refractivity contribution < 1.29 is 13.3 Å². The quantitative estimate of drug-likeness (QED) is 0.760. The Labute approximate surface area is 97.6 Å². The average Bonchev–Trinajstić information content (AvgIpc) is 2.85. The van der Waals surface area contributed by atoms with Crippen LogP contribution in [0, 0.1) is 11.3 Å². The van der Waals surface area contributed by atoms with E-state index in [1.54, 1.807) is 0 Å². The standard InChI is InChI=1S/C11H13F2N3O/c12-11(13)5-4-8(7-11)10-15-9(17-16-10)3-1-2-6-14/h8H,1-5,7H2. The van der Waals surface area contributed by atoms with Gasteiger partial charge in [-0.25, -0.2) is 8.78 Å². The molecule has 0 bridgehead atoms. The molecule has 0 aromatic carbocycles. The van der Waals surface area contributed by atoms with E-state index in [0.29, 0.717) is 37.4 Å². The lowest BCUT2D eigenvalue weighted by Crippen LogP contribution is -2.09. The van der Waals surface area contributed by atoms with Crippen molar-refractivity contribution in [1.82, 2.24) is 10.1 Å². The van der Waals surface area contributed by atoms with E-state index in [1.165, 1.54) is 0 Å². The fourth-order valence-electron chi connectivity index (χ4n) is 2.02.